The number of Topliss-reactive ketones (excluding diaryl/α,β-unsaturated/α-hetero) is 1. The molecule has 0 aromatic carbocycles. The van der Waals surface area contributed by atoms with E-state index >= 15 is 0 Å². The number of morpholine rings is 1. The van der Waals surface area contributed by atoms with Crippen molar-refractivity contribution in [3.05, 3.63) is 0 Å². The van der Waals surface area contributed by atoms with E-state index < -0.39 is 0 Å². The second-order valence-corrected chi connectivity index (χ2v) is 7.98. The van der Waals surface area contributed by atoms with Crippen LogP contribution in [0, 0.1) is 17.3 Å². The van der Waals surface area contributed by atoms with Crippen molar-refractivity contribution < 1.29 is 9.53 Å². The molecule has 0 N–H and O–H groups in total. The van der Waals surface area contributed by atoms with Gasteiger partial charge in [0, 0.05) is 32.0 Å². The van der Waals surface area contributed by atoms with Crippen LogP contribution in [0.3, 0.4) is 0 Å². The molecule has 116 valence electrons. The number of ketones is 1. The topological polar surface area (TPSA) is 29.5 Å². The Balaban J connectivity index is 1.94. The average molecular weight is 281 g/mol. The SMILES string of the molecule is CC1CN(CC2CC(C(C)(C)C)CCC2=O)CC(C)O1. The van der Waals surface area contributed by atoms with Crippen LogP contribution in [0.2, 0.25) is 0 Å². The molecule has 4 atom stereocenters. The normalized spacial score (nSPS) is 37.1. The van der Waals surface area contributed by atoms with E-state index in [9.17, 15) is 4.79 Å². The van der Waals surface area contributed by atoms with Crippen LogP contribution in [0.25, 0.3) is 0 Å². The first-order valence-corrected chi connectivity index (χ1v) is 8.16. The lowest BCUT2D eigenvalue weighted by Gasteiger charge is -2.41. The molecule has 0 spiro atoms. The Labute approximate surface area is 124 Å². The van der Waals surface area contributed by atoms with Crippen LogP contribution in [-0.2, 0) is 9.53 Å². The highest BCUT2D eigenvalue weighted by Crippen LogP contribution is 2.39. The van der Waals surface area contributed by atoms with Crippen molar-refractivity contribution in [2.24, 2.45) is 17.3 Å². The molecule has 3 nitrogen and oxygen atoms in total. The summed E-state index contributed by atoms with van der Waals surface area (Å²) in [7, 11) is 0. The molecule has 2 aliphatic rings. The third-order valence-electron chi connectivity index (χ3n) is 4.96. The Morgan fingerprint density at radius 3 is 2.35 bits per heavy atom. The van der Waals surface area contributed by atoms with E-state index in [0.29, 0.717) is 17.1 Å². The molecule has 0 radical (unpaired) electrons. The first-order valence-electron chi connectivity index (χ1n) is 8.16. The van der Waals surface area contributed by atoms with E-state index in [1.54, 1.807) is 0 Å². The summed E-state index contributed by atoms with van der Waals surface area (Å²) >= 11 is 0. The predicted octanol–water partition coefficient (Wildman–Crippen LogP) is 3.13. The van der Waals surface area contributed by atoms with Crippen molar-refractivity contribution >= 4 is 5.78 Å². The van der Waals surface area contributed by atoms with Crippen LogP contribution in [0.1, 0.15) is 53.9 Å². The van der Waals surface area contributed by atoms with E-state index in [4.69, 9.17) is 4.74 Å². The standard InChI is InChI=1S/C17H31NO2/c1-12-9-18(10-13(2)20-12)11-14-8-15(17(3,4)5)6-7-16(14)19/h12-15H,6-11H2,1-5H3. The number of carbonyl (C=O) groups excluding carboxylic acids is 1. The molecular formula is C17H31NO2. The second-order valence-electron chi connectivity index (χ2n) is 7.98. The molecule has 1 saturated heterocycles. The first-order chi connectivity index (χ1) is 9.25. The minimum absolute atomic E-state index is 0.241. The molecule has 4 unspecified atom stereocenters. The number of ether oxygens (including phenoxy) is 1. The molecule has 0 aromatic heterocycles. The molecule has 2 rings (SSSR count). The quantitative estimate of drug-likeness (QED) is 0.779. The molecule has 1 saturated carbocycles. The van der Waals surface area contributed by atoms with Gasteiger partial charge in [-0.05, 0) is 38.0 Å². The van der Waals surface area contributed by atoms with Crippen molar-refractivity contribution in [2.45, 2.75) is 66.1 Å². The lowest BCUT2D eigenvalue weighted by Crippen LogP contribution is -2.49. The van der Waals surface area contributed by atoms with Crippen molar-refractivity contribution in [2.75, 3.05) is 19.6 Å². The second kappa shape index (κ2) is 6.15. The van der Waals surface area contributed by atoms with Gasteiger partial charge < -0.3 is 4.74 Å². The van der Waals surface area contributed by atoms with Gasteiger partial charge in [0.25, 0.3) is 0 Å². The van der Waals surface area contributed by atoms with Crippen LogP contribution in [0.5, 0.6) is 0 Å². The van der Waals surface area contributed by atoms with Gasteiger partial charge in [0.15, 0.2) is 0 Å². The minimum atomic E-state index is 0.241. The van der Waals surface area contributed by atoms with E-state index in [-0.39, 0.29) is 18.1 Å². The van der Waals surface area contributed by atoms with Gasteiger partial charge in [0.1, 0.15) is 5.78 Å². The Kier molecular flexibility index (Phi) is 4.91. The molecule has 20 heavy (non-hydrogen) atoms. The van der Waals surface area contributed by atoms with E-state index in [2.05, 4.69) is 39.5 Å². The van der Waals surface area contributed by atoms with Crippen molar-refractivity contribution in [1.29, 1.82) is 0 Å². The summed E-state index contributed by atoms with van der Waals surface area (Å²) in [6.07, 6.45) is 3.51. The van der Waals surface area contributed by atoms with Crippen LogP contribution < -0.4 is 0 Å². The lowest BCUT2D eigenvalue weighted by molar-refractivity contribution is -0.129. The average Bonchev–Trinajstić information content (AvgIpc) is 2.29. The number of carbonyl (C=O) groups is 1. The van der Waals surface area contributed by atoms with Crippen molar-refractivity contribution in [1.82, 2.24) is 4.90 Å². The predicted molar refractivity (Wildman–Crippen MR) is 81.7 cm³/mol. The molecule has 2 fully saturated rings. The van der Waals surface area contributed by atoms with Crippen molar-refractivity contribution in [3.8, 4) is 0 Å². The van der Waals surface area contributed by atoms with Gasteiger partial charge in [-0.1, -0.05) is 20.8 Å². The van der Waals surface area contributed by atoms with Gasteiger partial charge in [-0.15, -0.1) is 0 Å². The number of hydrogen-bond donors (Lipinski definition) is 0. The Morgan fingerprint density at radius 1 is 1.20 bits per heavy atom. The fourth-order valence-corrected chi connectivity index (χ4v) is 3.82. The highest BCUT2D eigenvalue weighted by atomic mass is 16.5. The molecule has 1 aliphatic carbocycles. The smallest absolute Gasteiger partial charge is 0.137 e. The summed E-state index contributed by atoms with van der Waals surface area (Å²) in [5, 5.41) is 0. The minimum Gasteiger partial charge on any atom is -0.373 e. The fraction of sp³-hybridized carbons (Fsp3) is 0.941. The van der Waals surface area contributed by atoms with Gasteiger partial charge in [0.05, 0.1) is 12.2 Å². The Morgan fingerprint density at radius 2 is 1.80 bits per heavy atom. The largest absolute Gasteiger partial charge is 0.373 e. The summed E-state index contributed by atoms with van der Waals surface area (Å²) in [6, 6.07) is 0. The van der Waals surface area contributed by atoms with Crippen LogP contribution in [0.4, 0.5) is 0 Å². The summed E-state index contributed by atoms with van der Waals surface area (Å²) in [4.78, 5) is 14.7. The molecule has 0 amide bonds. The highest BCUT2D eigenvalue weighted by Gasteiger charge is 2.36. The molecule has 0 bridgehead atoms. The maximum atomic E-state index is 12.2. The van der Waals surface area contributed by atoms with Crippen molar-refractivity contribution in [3.63, 3.8) is 0 Å². The van der Waals surface area contributed by atoms with Gasteiger partial charge in [-0.25, -0.2) is 0 Å². The number of rotatable bonds is 2. The fourth-order valence-electron chi connectivity index (χ4n) is 3.82. The van der Waals surface area contributed by atoms with Gasteiger partial charge in [-0.2, -0.15) is 0 Å². The van der Waals surface area contributed by atoms with E-state index in [1.165, 1.54) is 0 Å². The molecule has 1 heterocycles. The third-order valence-corrected chi connectivity index (χ3v) is 4.96. The third kappa shape index (κ3) is 4.05. The first kappa shape index (κ1) is 16.0. The van der Waals surface area contributed by atoms with E-state index in [1.807, 2.05) is 0 Å². The molecule has 0 aromatic rings. The summed E-state index contributed by atoms with van der Waals surface area (Å²) in [6.45, 7) is 14.1. The highest BCUT2D eigenvalue weighted by molar-refractivity contribution is 5.82. The summed E-state index contributed by atoms with van der Waals surface area (Å²) in [5.41, 5.74) is 0.324. The van der Waals surface area contributed by atoms with Gasteiger partial charge in [0.2, 0.25) is 0 Å². The zero-order valence-corrected chi connectivity index (χ0v) is 13.8. The zero-order valence-electron chi connectivity index (χ0n) is 13.8. The van der Waals surface area contributed by atoms with Crippen LogP contribution >= 0.6 is 0 Å². The number of hydrogen-bond acceptors (Lipinski definition) is 3. The van der Waals surface area contributed by atoms with Gasteiger partial charge >= 0.3 is 0 Å². The summed E-state index contributed by atoms with van der Waals surface area (Å²) < 4.78 is 5.78. The Bertz CT molecular complexity index is 337. The van der Waals surface area contributed by atoms with Crippen LogP contribution in [0.15, 0.2) is 0 Å². The number of nitrogens with zero attached hydrogens (tertiary/aromatic N) is 1. The molecular weight excluding hydrogens is 250 g/mol. The van der Waals surface area contributed by atoms with Crippen LogP contribution in [-0.4, -0.2) is 42.5 Å². The monoisotopic (exact) mass is 281 g/mol. The zero-order chi connectivity index (χ0) is 14.9. The van der Waals surface area contributed by atoms with Gasteiger partial charge in [-0.3, -0.25) is 9.69 Å². The summed E-state index contributed by atoms with van der Waals surface area (Å²) in [5.74, 6) is 1.41. The maximum Gasteiger partial charge on any atom is 0.137 e. The lowest BCUT2D eigenvalue weighted by atomic mass is 9.68. The molecule has 3 heteroatoms. The Hall–Kier alpha value is -0.410. The maximum absolute atomic E-state index is 12.2. The van der Waals surface area contributed by atoms with E-state index in [0.717, 1.165) is 38.9 Å². The molecule has 1 aliphatic heterocycles.